The van der Waals surface area contributed by atoms with Crippen molar-refractivity contribution < 1.29 is 4.79 Å². The molecule has 112 valence electrons. The molecule has 0 amide bonds. The molecule has 0 fully saturated rings. The highest BCUT2D eigenvalue weighted by molar-refractivity contribution is 6.07. The second-order valence-electron chi connectivity index (χ2n) is 5.60. The predicted octanol–water partition coefficient (Wildman–Crippen LogP) is 3.96. The Bertz CT molecular complexity index is 583. The van der Waals surface area contributed by atoms with Gasteiger partial charge >= 0.3 is 0 Å². The highest BCUT2D eigenvalue weighted by atomic mass is 16.1. The van der Waals surface area contributed by atoms with Crippen molar-refractivity contribution in [2.45, 2.75) is 39.0 Å². The van der Waals surface area contributed by atoms with E-state index in [2.05, 4.69) is 11.9 Å². The Morgan fingerprint density at radius 3 is 2.86 bits per heavy atom. The van der Waals surface area contributed by atoms with E-state index in [0.717, 1.165) is 42.0 Å². The summed E-state index contributed by atoms with van der Waals surface area (Å²) in [7, 11) is 0. The lowest BCUT2D eigenvalue weighted by Crippen LogP contribution is -2.11. The fourth-order valence-electron chi connectivity index (χ4n) is 2.90. The van der Waals surface area contributed by atoms with E-state index in [-0.39, 0.29) is 5.78 Å². The molecule has 3 heteroatoms. The molecule has 2 rings (SSSR count). The van der Waals surface area contributed by atoms with Gasteiger partial charge in [-0.2, -0.15) is 0 Å². The summed E-state index contributed by atoms with van der Waals surface area (Å²) in [5.41, 5.74) is 6.45. The number of carbonyl (C=O) groups is 1. The third-order valence-corrected chi connectivity index (χ3v) is 4.04. The lowest BCUT2D eigenvalue weighted by molar-refractivity contribution is 0.0974. The summed E-state index contributed by atoms with van der Waals surface area (Å²) in [6, 6.07) is 7.81. The average Bonchev–Trinajstić information content (AvgIpc) is 2.52. The molecule has 1 aromatic carbocycles. The van der Waals surface area contributed by atoms with Crippen LogP contribution in [0.2, 0.25) is 0 Å². The van der Waals surface area contributed by atoms with Crippen LogP contribution in [0.15, 0.2) is 36.7 Å². The number of benzene rings is 1. The Hall–Kier alpha value is -1.74. The van der Waals surface area contributed by atoms with Gasteiger partial charge in [0.25, 0.3) is 0 Å². The number of fused-ring (bicyclic) bond motifs is 1. The SMILES string of the molecule is CCCC(CCN)CCC(=O)c1cccc2ccncc12. The molecule has 1 atom stereocenters. The smallest absolute Gasteiger partial charge is 0.163 e. The first-order chi connectivity index (χ1) is 10.3. The van der Waals surface area contributed by atoms with Gasteiger partial charge in [0.1, 0.15) is 0 Å². The number of nitrogens with zero attached hydrogens (tertiary/aromatic N) is 1. The zero-order valence-electron chi connectivity index (χ0n) is 12.7. The summed E-state index contributed by atoms with van der Waals surface area (Å²) in [6.45, 7) is 2.89. The van der Waals surface area contributed by atoms with E-state index in [4.69, 9.17) is 5.73 Å². The number of hydrogen-bond acceptors (Lipinski definition) is 3. The van der Waals surface area contributed by atoms with Crippen LogP contribution in [-0.2, 0) is 0 Å². The maximum Gasteiger partial charge on any atom is 0.163 e. The van der Waals surface area contributed by atoms with Crippen LogP contribution in [0.4, 0.5) is 0 Å². The third-order valence-electron chi connectivity index (χ3n) is 4.04. The zero-order valence-corrected chi connectivity index (χ0v) is 12.7. The number of pyridine rings is 1. The van der Waals surface area contributed by atoms with Gasteiger partial charge < -0.3 is 5.73 Å². The first kappa shape index (κ1) is 15.6. The number of rotatable bonds is 8. The fraction of sp³-hybridized carbons (Fsp3) is 0.444. The van der Waals surface area contributed by atoms with Gasteiger partial charge in [0.05, 0.1) is 0 Å². The van der Waals surface area contributed by atoms with E-state index in [0.29, 0.717) is 18.9 Å². The summed E-state index contributed by atoms with van der Waals surface area (Å²) >= 11 is 0. The number of ketones is 1. The molecule has 0 aliphatic heterocycles. The molecule has 0 aliphatic carbocycles. The largest absolute Gasteiger partial charge is 0.330 e. The third kappa shape index (κ3) is 4.11. The molecule has 0 aliphatic rings. The van der Waals surface area contributed by atoms with Crippen molar-refractivity contribution in [3.05, 3.63) is 42.2 Å². The van der Waals surface area contributed by atoms with Gasteiger partial charge in [-0.25, -0.2) is 0 Å². The maximum absolute atomic E-state index is 12.5. The van der Waals surface area contributed by atoms with Gasteiger partial charge in [-0.3, -0.25) is 9.78 Å². The minimum Gasteiger partial charge on any atom is -0.330 e. The van der Waals surface area contributed by atoms with Crippen LogP contribution >= 0.6 is 0 Å². The highest BCUT2D eigenvalue weighted by Crippen LogP contribution is 2.22. The standard InChI is InChI=1S/C18H24N2O/c1-2-4-14(9-11-19)7-8-18(21)16-6-3-5-15-10-12-20-13-17(15)16/h3,5-6,10,12-14H,2,4,7-9,11,19H2,1H3. The first-order valence-electron chi connectivity index (χ1n) is 7.82. The van der Waals surface area contributed by atoms with E-state index in [1.807, 2.05) is 24.3 Å². The maximum atomic E-state index is 12.5. The minimum absolute atomic E-state index is 0.215. The molecule has 0 spiro atoms. The van der Waals surface area contributed by atoms with Crippen LogP contribution in [0.5, 0.6) is 0 Å². The van der Waals surface area contributed by atoms with Gasteiger partial charge in [-0.15, -0.1) is 0 Å². The van der Waals surface area contributed by atoms with Gasteiger partial charge in [-0.1, -0.05) is 38.0 Å². The van der Waals surface area contributed by atoms with Crippen LogP contribution in [-0.4, -0.2) is 17.3 Å². The zero-order chi connectivity index (χ0) is 15.1. The molecule has 1 aromatic heterocycles. The van der Waals surface area contributed by atoms with Crippen molar-refractivity contribution in [2.24, 2.45) is 11.7 Å². The summed E-state index contributed by atoms with van der Waals surface area (Å²) in [5, 5.41) is 2.03. The molecule has 1 heterocycles. The number of aromatic nitrogens is 1. The van der Waals surface area contributed by atoms with E-state index in [1.165, 1.54) is 0 Å². The predicted molar refractivity (Wildman–Crippen MR) is 87.4 cm³/mol. The Morgan fingerprint density at radius 1 is 1.24 bits per heavy atom. The summed E-state index contributed by atoms with van der Waals surface area (Å²) in [6.07, 6.45) is 8.39. The number of carbonyl (C=O) groups excluding carboxylic acids is 1. The molecule has 0 saturated carbocycles. The van der Waals surface area contributed by atoms with Crippen LogP contribution in [0.25, 0.3) is 10.8 Å². The fourth-order valence-corrected chi connectivity index (χ4v) is 2.90. The molecular weight excluding hydrogens is 260 g/mol. The van der Waals surface area contributed by atoms with Crippen molar-refractivity contribution in [1.29, 1.82) is 0 Å². The van der Waals surface area contributed by atoms with Gasteiger partial charge in [-0.05, 0) is 36.8 Å². The Balaban J connectivity index is 2.08. The summed E-state index contributed by atoms with van der Waals surface area (Å²) < 4.78 is 0. The summed E-state index contributed by atoms with van der Waals surface area (Å²) in [5.74, 6) is 0.781. The minimum atomic E-state index is 0.215. The molecule has 3 nitrogen and oxygen atoms in total. The molecule has 0 bridgehead atoms. The highest BCUT2D eigenvalue weighted by Gasteiger charge is 2.13. The van der Waals surface area contributed by atoms with Crippen LogP contribution in [0, 0.1) is 5.92 Å². The van der Waals surface area contributed by atoms with Crippen molar-refractivity contribution >= 4 is 16.6 Å². The topological polar surface area (TPSA) is 56.0 Å². The first-order valence-corrected chi connectivity index (χ1v) is 7.82. The Kier molecular flexibility index (Phi) is 5.88. The number of nitrogens with two attached hydrogens (primary N) is 1. The van der Waals surface area contributed by atoms with Gasteiger partial charge in [0, 0.05) is 29.8 Å². The monoisotopic (exact) mass is 284 g/mol. The molecule has 0 saturated heterocycles. The molecule has 1 unspecified atom stereocenters. The van der Waals surface area contributed by atoms with E-state index < -0.39 is 0 Å². The summed E-state index contributed by atoms with van der Waals surface area (Å²) in [4.78, 5) is 16.7. The molecule has 2 N–H and O–H groups in total. The van der Waals surface area contributed by atoms with Crippen molar-refractivity contribution in [3.8, 4) is 0 Å². The van der Waals surface area contributed by atoms with Crippen molar-refractivity contribution in [1.82, 2.24) is 4.98 Å². The van der Waals surface area contributed by atoms with Crippen molar-refractivity contribution in [3.63, 3.8) is 0 Å². The lowest BCUT2D eigenvalue weighted by atomic mass is 9.91. The van der Waals surface area contributed by atoms with Gasteiger partial charge in [0.2, 0.25) is 0 Å². The van der Waals surface area contributed by atoms with Gasteiger partial charge in [0.15, 0.2) is 5.78 Å². The second kappa shape index (κ2) is 7.89. The number of Topliss-reactive ketones (excluding diaryl/α,β-unsaturated/α-hetero) is 1. The molecular formula is C18H24N2O. The van der Waals surface area contributed by atoms with Crippen molar-refractivity contribution in [2.75, 3.05) is 6.54 Å². The molecule has 0 radical (unpaired) electrons. The molecule has 21 heavy (non-hydrogen) atoms. The lowest BCUT2D eigenvalue weighted by Gasteiger charge is -2.14. The molecule has 2 aromatic rings. The van der Waals surface area contributed by atoms with E-state index in [1.54, 1.807) is 12.4 Å². The Labute approximate surface area is 126 Å². The van der Waals surface area contributed by atoms with Crippen LogP contribution < -0.4 is 5.73 Å². The van der Waals surface area contributed by atoms with Crippen LogP contribution in [0.1, 0.15) is 49.4 Å². The van der Waals surface area contributed by atoms with E-state index in [9.17, 15) is 4.79 Å². The number of hydrogen-bond donors (Lipinski definition) is 1. The Morgan fingerprint density at radius 2 is 2.10 bits per heavy atom. The van der Waals surface area contributed by atoms with E-state index >= 15 is 0 Å². The normalized spacial score (nSPS) is 12.5. The quantitative estimate of drug-likeness (QED) is 0.746. The second-order valence-corrected chi connectivity index (χ2v) is 5.60. The van der Waals surface area contributed by atoms with Crippen LogP contribution in [0.3, 0.4) is 0 Å². The average molecular weight is 284 g/mol.